The van der Waals surface area contributed by atoms with E-state index in [-0.39, 0.29) is 17.3 Å². The van der Waals surface area contributed by atoms with E-state index in [4.69, 9.17) is 9.47 Å². The first-order chi connectivity index (χ1) is 14.0. The summed E-state index contributed by atoms with van der Waals surface area (Å²) in [4.78, 5) is 28.1. The number of rotatable bonds is 5. The van der Waals surface area contributed by atoms with Crippen molar-refractivity contribution >= 4 is 22.5 Å². The van der Waals surface area contributed by atoms with Gasteiger partial charge in [-0.1, -0.05) is 23.4 Å². The number of hydrogen-bond donors (Lipinski definition) is 2. The molecule has 0 radical (unpaired) electrons. The molecule has 9 heteroatoms. The number of H-pyrrole nitrogens is 1. The van der Waals surface area contributed by atoms with Crippen molar-refractivity contribution in [1.29, 1.82) is 0 Å². The first kappa shape index (κ1) is 18.5. The number of aromatic amines is 1. The van der Waals surface area contributed by atoms with Crippen LogP contribution in [0.2, 0.25) is 0 Å². The molecule has 148 valence electrons. The number of fused-ring (bicyclic) bond motifs is 3. The maximum Gasteiger partial charge on any atom is 0.277 e. The molecule has 0 aliphatic heterocycles. The van der Waals surface area contributed by atoms with Crippen LogP contribution in [0.4, 0.5) is 0 Å². The Labute approximate surface area is 165 Å². The summed E-state index contributed by atoms with van der Waals surface area (Å²) in [6.07, 6.45) is 0. The average Bonchev–Trinajstić information content (AvgIpc) is 3.19. The lowest BCUT2D eigenvalue weighted by Gasteiger charge is -2.16. The largest absolute Gasteiger partial charge is 0.493 e. The van der Waals surface area contributed by atoms with Crippen LogP contribution in [0.5, 0.6) is 11.5 Å². The minimum absolute atomic E-state index is 0.0377. The highest BCUT2D eigenvalue weighted by Gasteiger charge is 2.21. The van der Waals surface area contributed by atoms with Crippen LogP contribution in [0.1, 0.15) is 29.0 Å². The molecule has 1 amide bonds. The van der Waals surface area contributed by atoms with Gasteiger partial charge in [-0.05, 0) is 36.8 Å². The SMILES string of the molecule is COc1ccc(C(C)NC(=O)c2nnn3c2c(=O)[nH]c2ccccc23)cc1OC. The zero-order valence-electron chi connectivity index (χ0n) is 16.1. The van der Waals surface area contributed by atoms with E-state index in [1.807, 2.05) is 19.1 Å². The Hall–Kier alpha value is -3.88. The molecule has 2 aromatic heterocycles. The summed E-state index contributed by atoms with van der Waals surface area (Å²) in [6, 6.07) is 12.2. The lowest BCUT2D eigenvalue weighted by Crippen LogP contribution is -2.28. The Bertz CT molecular complexity index is 1280. The number of nitrogens with one attached hydrogen (secondary N) is 2. The second-order valence-corrected chi connectivity index (χ2v) is 6.48. The van der Waals surface area contributed by atoms with Crippen molar-refractivity contribution in [3.05, 3.63) is 64.1 Å². The number of carbonyl (C=O) groups is 1. The lowest BCUT2D eigenvalue weighted by molar-refractivity contribution is 0.0936. The predicted molar refractivity (Wildman–Crippen MR) is 107 cm³/mol. The number of carbonyl (C=O) groups excluding carboxylic acids is 1. The van der Waals surface area contributed by atoms with Crippen LogP contribution in [-0.4, -0.2) is 39.9 Å². The van der Waals surface area contributed by atoms with Crippen LogP contribution in [0, 0.1) is 0 Å². The van der Waals surface area contributed by atoms with Gasteiger partial charge in [-0.25, -0.2) is 4.52 Å². The van der Waals surface area contributed by atoms with Gasteiger partial charge in [-0.15, -0.1) is 5.10 Å². The third kappa shape index (κ3) is 3.16. The molecule has 2 N–H and O–H groups in total. The molecule has 4 aromatic rings. The van der Waals surface area contributed by atoms with E-state index in [1.165, 1.54) is 4.52 Å². The Morgan fingerprint density at radius 1 is 1.14 bits per heavy atom. The Morgan fingerprint density at radius 2 is 1.90 bits per heavy atom. The van der Waals surface area contributed by atoms with E-state index in [2.05, 4.69) is 20.6 Å². The third-order valence-corrected chi connectivity index (χ3v) is 4.74. The summed E-state index contributed by atoms with van der Waals surface area (Å²) in [5.74, 6) is 0.656. The van der Waals surface area contributed by atoms with E-state index in [0.717, 1.165) is 5.56 Å². The Kier molecular flexibility index (Phi) is 4.63. The summed E-state index contributed by atoms with van der Waals surface area (Å²) in [6.45, 7) is 1.82. The molecule has 0 fully saturated rings. The van der Waals surface area contributed by atoms with Crippen LogP contribution in [0.3, 0.4) is 0 Å². The number of nitrogens with zero attached hydrogens (tertiary/aromatic N) is 3. The van der Waals surface area contributed by atoms with Gasteiger partial charge in [-0.3, -0.25) is 9.59 Å². The van der Waals surface area contributed by atoms with E-state index in [9.17, 15) is 9.59 Å². The molecule has 0 saturated carbocycles. The van der Waals surface area contributed by atoms with Crippen LogP contribution < -0.4 is 20.3 Å². The molecule has 2 heterocycles. The molecule has 0 bridgehead atoms. The van der Waals surface area contributed by atoms with Gasteiger partial charge in [0, 0.05) is 0 Å². The molecule has 9 nitrogen and oxygen atoms in total. The van der Waals surface area contributed by atoms with Gasteiger partial charge in [0.05, 0.1) is 31.3 Å². The van der Waals surface area contributed by atoms with Crippen molar-refractivity contribution in [1.82, 2.24) is 25.1 Å². The van der Waals surface area contributed by atoms with Crippen molar-refractivity contribution in [3.8, 4) is 11.5 Å². The van der Waals surface area contributed by atoms with E-state index in [1.54, 1.807) is 44.6 Å². The molecule has 29 heavy (non-hydrogen) atoms. The van der Waals surface area contributed by atoms with Gasteiger partial charge in [0.25, 0.3) is 11.5 Å². The number of amides is 1. The quantitative estimate of drug-likeness (QED) is 0.537. The molecule has 0 spiro atoms. The van der Waals surface area contributed by atoms with E-state index < -0.39 is 11.5 Å². The van der Waals surface area contributed by atoms with Crippen LogP contribution in [0.15, 0.2) is 47.3 Å². The van der Waals surface area contributed by atoms with Crippen LogP contribution in [-0.2, 0) is 0 Å². The maximum absolute atomic E-state index is 12.8. The number of para-hydroxylation sites is 2. The summed E-state index contributed by atoms with van der Waals surface area (Å²) in [5, 5.41) is 10.8. The molecule has 0 aliphatic rings. The molecule has 1 atom stereocenters. The highest BCUT2D eigenvalue weighted by atomic mass is 16.5. The second kappa shape index (κ2) is 7.27. The van der Waals surface area contributed by atoms with Crippen LogP contribution >= 0.6 is 0 Å². The first-order valence-electron chi connectivity index (χ1n) is 8.92. The molecular formula is C20H19N5O4. The first-order valence-corrected chi connectivity index (χ1v) is 8.92. The second-order valence-electron chi connectivity index (χ2n) is 6.48. The van der Waals surface area contributed by atoms with Crippen molar-refractivity contribution < 1.29 is 14.3 Å². The fourth-order valence-electron chi connectivity index (χ4n) is 3.22. The number of ether oxygens (including phenoxy) is 2. The van der Waals surface area contributed by atoms with Gasteiger partial charge in [0.1, 0.15) is 0 Å². The monoisotopic (exact) mass is 393 g/mol. The third-order valence-electron chi connectivity index (χ3n) is 4.74. The van der Waals surface area contributed by atoms with Gasteiger partial charge >= 0.3 is 0 Å². The van der Waals surface area contributed by atoms with Gasteiger partial charge in [0.15, 0.2) is 22.7 Å². The molecule has 0 saturated heterocycles. The fraction of sp³-hybridized carbons (Fsp3) is 0.200. The normalized spacial score (nSPS) is 12.1. The van der Waals surface area contributed by atoms with Crippen molar-refractivity contribution in [2.45, 2.75) is 13.0 Å². The molecule has 4 rings (SSSR count). The zero-order chi connectivity index (χ0) is 20.5. The molecular weight excluding hydrogens is 374 g/mol. The van der Waals surface area contributed by atoms with Gasteiger partial charge in [0.2, 0.25) is 0 Å². The Morgan fingerprint density at radius 3 is 2.66 bits per heavy atom. The van der Waals surface area contributed by atoms with Crippen molar-refractivity contribution in [2.24, 2.45) is 0 Å². The number of methoxy groups -OCH3 is 2. The fourth-order valence-corrected chi connectivity index (χ4v) is 3.22. The summed E-state index contributed by atoms with van der Waals surface area (Å²) >= 11 is 0. The smallest absolute Gasteiger partial charge is 0.277 e. The van der Waals surface area contributed by atoms with Crippen molar-refractivity contribution in [3.63, 3.8) is 0 Å². The molecule has 1 unspecified atom stereocenters. The number of aromatic nitrogens is 4. The van der Waals surface area contributed by atoms with E-state index in [0.29, 0.717) is 22.5 Å². The summed E-state index contributed by atoms with van der Waals surface area (Å²) in [5.41, 5.74) is 1.71. The number of hydrogen-bond acceptors (Lipinski definition) is 6. The van der Waals surface area contributed by atoms with Crippen LogP contribution in [0.25, 0.3) is 16.6 Å². The summed E-state index contributed by atoms with van der Waals surface area (Å²) in [7, 11) is 3.10. The topological polar surface area (TPSA) is 111 Å². The standard InChI is InChI=1S/C20H19N5O4/c1-11(12-8-9-15(28-2)16(10-12)29-3)21-19(26)17-18-20(27)22-13-6-4-5-7-14(13)25(18)24-23-17/h4-11H,1-3H3,(H,21,26)(H,22,27). The average molecular weight is 393 g/mol. The molecule has 0 aliphatic carbocycles. The highest BCUT2D eigenvalue weighted by Crippen LogP contribution is 2.30. The highest BCUT2D eigenvalue weighted by molar-refractivity contribution is 5.99. The minimum Gasteiger partial charge on any atom is -0.493 e. The van der Waals surface area contributed by atoms with Gasteiger partial charge in [-0.2, -0.15) is 0 Å². The minimum atomic E-state index is -0.497. The maximum atomic E-state index is 12.8. The predicted octanol–water partition coefficient (Wildman–Crippen LogP) is 2.08. The molecule has 2 aromatic carbocycles. The zero-order valence-corrected chi connectivity index (χ0v) is 16.1. The Balaban J connectivity index is 1.68. The van der Waals surface area contributed by atoms with E-state index >= 15 is 0 Å². The van der Waals surface area contributed by atoms with Gasteiger partial charge < -0.3 is 19.8 Å². The lowest BCUT2D eigenvalue weighted by atomic mass is 10.1. The number of benzene rings is 2. The summed E-state index contributed by atoms with van der Waals surface area (Å²) < 4.78 is 11.9. The van der Waals surface area contributed by atoms with Crippen molar-refractivity contribution in [2.75, 3.05) is 14.2 Å².